The van der Waals surface area contributed by atoms with Crippen molar-refractivity contribution < 1.29 is 5.11 Å². The van der Waals surface area contributed by atoms with Crippen molar-refractivity contribution in [3.05, 3.63) is 33.8 Å². The number of aliphatic hydroxyl groups is 1. The Morgan fingerprint density at radius 3 is 2.65 bits per heavy atom. The van der Waals surface area contributed by atoms with E-state index in [1.54, 1.807) is 6.07 Å². The second kappa shape index (κ2) is 5.15. The van der Waals surface area contributed by atoms with Gasteiger partial charge in [-0.2, -0.15) is 0 Å². The SMILES string of the molecule is NC[C@]1(c2ccc(Cl)c(Cl)c2)CCCC[C@H]1O. The highest BCUT2D eigenvalue weighted by Gasteiger charge is 2.40. The number of hydrogen-bond donors (Lipinski definition) is 2. The Kier molecular flexibility index (Phi) is 3.99. The summed E-state index contributed by atoms with van der Waals surface area (Å²) in [5.41, 5.74) is 6.56. The Morgan fingerprint density at radius 1 is 1.29 bits per heavy atom. The fourth-order valence-electron chi connectivity index (χ4n) is 2.72. The average Bonchev–Trinajstić information content (AvgIpc) is 2.34. The highest BCUT2D eigenvalue weighted by Crippen LogP contribution is 2.40. The molecule has 0 bridgehead atoms. The normalized spacial score (nSPS) is 29.3. The molecule has 3 N–H and O–H groups in total. The Bertz CT molecular complexity index is 410. The fourth-order valence-corrected chi connectivity index (χ4v) is 3.02. The second-order valence-electron chi connectivity index (χ2n) is 4.75. The zero-order valence-electron chi connectivity index (χ0n) is 9.63. The minimum atomic E-state index is -0.390. The van der Waals surface area contributed by atoms with Gasteiger partial charge in [0.1, 0.15) is 0 Å². The van der Waals surface area contributed by atoms with Gasteiger partial charge in [-0.3, -0.25) is 0 Å². The number of rotatable bonds is 2. The molecule has 2 rings (SSSR count). The quantitative estimate of drug-likeness (QED) is 0.870. The lowest BCUT2D eigenvalue weighted by molar-refractivity contribution is 0.0464. The van der Waals surface area contributed by atoms with E-state index in [9.17, 15) is 5.11 Å². The molecule has 0 unspecified atom stereocenters. The molecule has 1 aliphatic rings. The zero-order chi connectivity index (χ0) is 12.5. The predicted octanol–water partition coefficient (Wildman–Crippen LogP) is 3.12. The summed E-state index contributed by atoms with van der Waals surface area (Å²) in [6.07, 6.45) is 3.47. The Hall–Kier alpha value is -0.280. The van der Waals surface area contributed by atoms with Crippen molar-refractivity contribution in [2.45, 2.75) is 37.2 Å². The van der Waals surface area contributed by atoms with Crippen LogP contribution in [0.1, 0.15) is 31.2 Å². The molecule has 1 aromatic rings. The molecule has 1 aliphatic carbocycles. The first-order chi connectivity index (χ1) is 8.10. The molecule has 1 saturated carbocycles. The molecule has 0 aromatic heterocycles. The van der Waals surface area contributed by atoms with Crippen LogP contribution in [0, 0.1) is 0 Å². The highest BCUT2D eigenvalue weighted by molar-refractivity contribution is 6.42. The summed E-state index contributed by atoms with van der Waals surface area (Å²) < 4.78 is 0. The molecular weight excluding hydrogens is 257 g/mol. The van der Waals surface area contributed by atoms with Gasteiger partial charge < -0.3 is 10.8 Å². The molecule has 0 radical (unpaired) electrons. The molecule has 0 spiro atoms. The first-order valence-corrected chi connectivity index (χ1v) is 6.69. The van der Waals surface area contributed by atoms with Crippen LogP contribution in [0.15, 0.2) is 18.2 Å². The summed E-state index contributed by atoms with van der Waals surface area (Å²) in [5.74, 6) is 0. The lowest BCUT2D eigenvalue weighted by Crippen LogP contribution is -2.48. The molecule has 0 saturated heterocycles. The monoisotopic (exact) mass is 273 g/mol. The predicted molar refractivity (Wildman–Crippen MR) is 71.7 cm³/mol. The topological polar surface area (TPSA) is 46.2 Å². The summed E-state index contributed by atoms with van der Waals surface area (Å²) in [6, 6.07) is 5.54. The third-order valence-electron chi connectivity index (χ3n) is 3.85. The van der Waals surface area contributed by atoms with E-state index >= 15 is 0 Å². The largest absolute Gasteiger partial charge is 0.392 e. The van der Waals surface area contributed by atoms with E-state index < -0.39 is 6.10 Å². The number of hydrogen-bond acceptors (Lipinski definition) is 2. The Balaban J connectivity index is 2.42. The molecule has 94 valence electrons. The van der Waals surface area contributed by atoms with Crippen molar-refractivity contribution >= 4 is 23.2 Å². The molecule has 0 amide bonds. The minimum Gasteiger partial charge on any atom is -0.392 e. The number of nitrogens with two attached hydrogens (primary N) is 1. The molecule has 2 nitrogen and oxygen atoms in total. The van der Waals surface area contributed by atoms with Crippen molar-refractivity contribution in [3.63, 3.8) is 0 Å². The molecule has 4 heteroatoms. The first-order valence-electron chi connectivity index (χ1n) is 5.94. The van der Waals surface area contributed by atoms with Crippen LogP contribution in [0.25, 0.3) is 0 Å². The van der Waals surface area contributed by atoms with Gasteiger partial charge in [0.25, 0.3) is 0 Å². The van der Waals surface area contributed by atoms with E-state index in [4.69, 9.17) is 28.9 Å². The number of benzene rings is 1. The molecule has 2 atom stereocenters. The van der Waals surface area contributed by atoms with Crippen LogP contribution in [0.4, 0.5) is 0 Å². The molecule has 1 fully saturated rings. The van der Waals surface area contributed by atoms with E-state index in [0.717, 1.165) is 31.2 Å². The van der Waals surface area contributed by atoms with E-state index in [1.807, 2.05) is 12.1 Å². The van der Waals surface area contributed by atoms with Crippen LogP contribution in [0.5, 0.6) is 0 Å². The molecule has 17 heavy (non-hydrogen) atoms. The van der Waals surface area contributed by atoms with E-state index in [2.05, 4.69) is 0 Å². The summed E-state index contributed by atoms with van der Waals surface area (Å²) in [5, 5.41) is 11.3. The molecular formula is C13H17Cl2NO. The van der Waals surface area contributed by atoms with Gasteiger partial charge in [0.05, 0.1) is 16.1 Å². The van der Waals surface area contributed by atoms with Gasteiger partial charge in [-0.1, -0.05) is 42.1 Å². The summed E-state index contributed by atoms with van der Waals surface area (Å²) >= 11 is 12.0. The standard InChI is InChI=1S/C13H17Cl2NO/c14-10-5-4-9(7-11(10)15)13(8-16)6-2-1-3-12(13)17/h4-5,7,12,17H,1-3,6,8,16H2/t12-,13+/m1/s1. The maximum Gasteiger partial charge on any atom is 0.0649 e. The van der Waals surface area contributed by atoms with Gasteiger partial charge in [-0.25, -0.2) is 0 Å². The average molecular weight is 274 g/mol. The summed E-state index contributed by atoms with van der Waals surface area (Å²) in [4.78, 5) is 0. The molecule has 1 aromatic carbocycles. The maximum absolute atomic E-state index is 10.3. The van der Waals surface area contributed by atoms with Gasteiger partial charge in [0.15, 0.2) is 0 Å². The van der Waals surface area contributed by atoms with Crippen LogP contribution in [0.3, 0.4) is 0 Å². The van der Waals surface area contributed by atoms with Gasteiger partial charge in [0.2, 0.25) is 0 Å². The number of aliphatic hydroxyl groups excluding tert-OH is 1. The van der Waals surface area contributed by atoms with Crippen molar-refractivity contribution in [2.75, 3.05) is 6.54 Å². The van der Waals surface area contributed by atoms with Crippen molar-refractivity contribution in [2.24, 2.45) is 5.73 Å². The highest BCUT2D eigenvalue weighted by atomic mass is 35.5. The van der Waals surface area contributed by atoms with Gasteiger partial charge >= 0.3 is 0 Å². The molecule has 0 aliphatic heterocycles. The van der Waals surface area contributed by atoms with E-state index in [-0.39, 0.29) is 5.41 Å². The van der Waals surface area contributed by atoms with E-state index in [0.29, 0.717) is 16.6 Å². The maximum atomic E-state index is 10.3. The van der Waals surface area contributed by atoms with E-state index in [1.165, 1.54) is 0 Å². The third kappa shape index (κ3) is 2.32. The minimum absolute atomic E-state index is 0.355. The lowest BCUT2D eigenvalue weighted by Gasteiger charge is -2.41. The Labute approximate surface area is 112 Å². The van der Waals surface area contributed by atoms with Crippen LogP contribution in [0.2, 0.25) is 10.0 Å². The van der Waals surface area contributed by atoms with Crippen molar-refractivity contribution in [3.8, 4) is 0 Å². The smallest absolute Gasteiger partial charge is 0.0649 e. The zero-order valence-corrected chi connectivity index (χ0v) is 11.1. The van der Waals surface area contributed by atoms with Gasteiger partial charge in [-0.05, 0) is 30.5 Å². The first kappa shape index (κ1) is 13.2. The second-order valence-corrected chi connectivity index (χ2v) is 5.57. The third-order valence-corrected chi connectivity index (χ3v) is 4.59. The summed E-state index contributed by atoms with van der Waals surface area (Å²) in [7, 11) is 0. The van der Waals surface area contributed by atoms with Crippen molar-refractivity contribution in [1.82, 2.24) is 0 Å². The van der Waals surface area contributed by atoms with Crippen LogP contribution in [-0.2, 0) is 5.41 Å². The van der Waals surface area contributed by atoms with Crippen LogP contribution < -0.4 is 5.73 Å². The van der Waals surface area contributed by atoms with Gasteiger partial charge in [-0.15, -0.1) is 0 Å². The molecule has 0 heterocycles. The Morgan fingerprint density at radius 2 is 2.06 bits per heavy atom. The van der Waals surface area contributed by atoms with Crippen LogP contribution >= 0.6 is 23.2 Å². The fraction of sp³-hybridized carbons (Fsp3) is 0.538. The van der Waals surface area contributed by atoms with Gasteiger partial charge in [0, 0.05) is 12.0 Å². The summed E-state index contributed by atoms with van der Waals surface area (Å²) in [6.45, 7) is 0.437. The number of halogens is 2. The van der Waals surface area contributed by atoms with Crippen molar-refractivity contribution in [1.29, 1.82) is 0 Å². The lowest BCUT2D eigenvalue weighted by atomic mass is 9.67. The van der Waals surface area contributed by atoms with Crippen LogP contribution in [-0.4, -0.2) is 17.8 Å².